The molecule has 2 aromatic heterocycles. The second-order valence-corrected chi connectivity index (χ2v) is 7.06. The van der Waals surface area contributed by atoms with Crippen LogP contribution in [0.4, 0.5) is 4.39 Å². The van der Waals surface area contributed by atoms with Crippen molar-refractivity contribution in [1.29, 1.82) is 0 Å². The number of carbonyl (C=O) groups is 1. The van der Waals surface area contributed by atoms with Crippen LogP contribution in [0.15, 0.2) is 41.8 Å². The number of rotatable bonds is 4. The molecule has 0 fully saturated rings. The smallest absolute Gasteiger partial charge is 0.231 e. The van der Waals surface area contributed by atoms with Gasteiger partial charge in [0, 0.05) is 17.0 Å². The number of hydrogen-bond donors (Lipinski definition) is 1. The lowest BCUT2D eigenvalue weighted by atomic mass is 9.97. The molecular weight excluding hydrogens is 339 g/mol. The van der Waals surface area contributed by atoms with Crippen LogP contribution in [0.2, 0.25) is 0 Å². The second-order valence-electron chi connectivity index (χ2n) is 6.03. The summed E-state index contributed by atoms with van der Waals surface area (Å²) in [6.45, 7) is 1.30. The molecule has 0 aliphatic carbocycles. The first-order valence-electron chi connectivity index (χ1n) is 8.21. The van der Waals surface area contributed by atoms with Crippen LogP contribution in [-0.4, -0.2) is 20.7 Å². The Balaban J connectivity index is 1.56. The third kappa shape index (κ3) is 3.19. The van der Waals surface area contributed by atoms with Crippen LogP contribution in [0.25, 0.3) is 11.4 Å². The predicted molar refractivity (Wildman–Crippen MR) is 93.6 cm³/mol. The first-order chi connectivity index (χ1) is 12.2. The van der Waals surface area contributed by atoms with Gasteiger partial charge in [0.2, 0.25) is 5.91 Å². The van der Waals surface area contributed by atoms with E-state index in [1.807, 2.05) is 22.1 Å². The molecule has 3 aromatic rings. The van der Waals surface area contributed by atoms with Crippen molar-refractivity contribution in [2.75, 3.05) is 0 Å². The quantitative estimate of drug-likeness (QED) is 0.780. The number of hydrogen-bond acceptors (Lipinski definition) is 4. The zero-order valence-electron chi connectivity index (χ0n) is 13.5. The highest BCUT2D eigenvalue weighted by Crippen LogP contribution is 2.30. The SMILES string of the molecule is O=C(NCc1cccs1)C1CCCn2c(-c3ccc(F)cc3)nnc21. The minimum absolute atomic E-state index is 0.0209. The van der Waals surface area contributed by atoms with E-state index in [-0.39, 0.29) is 17.6 Å². The van der Waals surface area contributed by atoms with Gasteiger partial charge in [-0.2, -0.15) is 0 Å². The van der Waals surface area contributed by atoms with Gasteiger partial charge in [0.05, 0.1) is 12.5 Å². The number of amides is 1. The summed E-state index contributed by atoms with van der Waals surface area (Å²) in [6, 6.07) is 10.2. The Kier molecular flexibility index (Phi) is 4.31. The van der Waals surface area contributed by atoms with Crippen LogP contribution in [0, 0.1) is 5.82 Å². The Morgan fingerprint density at radius 1 is 1.28 bits per heavy atom. The molecule has 1 aliphatic rings. The van der Waals surface area contributed by atoms with E-state index in [0.717, 1.165) is 29.8 Å². The van der Waals surface area contributed by atoms with Gasteiger partial charge in [0.1, 0.15) is 11.6 Å². The van der Waals surface area contributed by atoms with E-state index in [1.165, 1.54) is 12.1 Å². The van der Waals surface area contributed by atoms with Crippen molar-refractivity contribution < 1.29 is 9.18 Å². The molecule has 1 N–H and O–H groups in total. The molecule has 1 aromatic carbocycles. The molecule has 1 aliphatic heterocycles. The summed E-state index contributed by atoms with van der Waals surface area (Å²) < 4.78 is 15.1. The fourth-order valence-corrected chi connectivity index (χ4v) is 3.79. The van der Waals surface area contributed by atoms with Gasteiger partial charge in [-0.15, -0.1) is 21.5 Å². The van der Waals surface area contributed by atoms with E-state index >= 15 is 0 Å². The predicted octanol–water partition coefficient (Wildman–Crippen LogP) is 3.34. The Hall–Kier alpha value is -2.54. The van der Waals surface area contributed by atoms with Gasteiger partial charge in [0.25, 0.3) is 0 Å². The zero-order valence-corrected chi connectivity index (χ0v) is 14.3. The van der Waals surface area contributed by atoms with Gasteiger partial charge in [-0.25, -0.2) is 4.39 Å². The maximum atomic E-state index is 13.1. The van der Waals surface area contributed by atoms with E-state index in [0.29, 0.717) is 18.2 Å². The van der Waals surface area contributed by atoms with E-state index in [9.17, 15) is 9.18 Å². The van der Waals surface area contributed by atoms with Crippen LogP contribution in [0.5, 0.6) is 0 Å². The molecule has 0 radical (unpaired) electrons. The molecule has 1 atom stereocenters. The molecule has 128 valence electrons. The maximum Gasteiger partial charge on any atom is 0.231 e. The highest BCUT2D eigenvalue weighted by Gasteiger charge is 2.30. The van der Waals surface area contributed by atoms with E-state index < -0.39 is 0 Å². The van der Waals surface area contributed by atoms with E-state index in [1.54, 1.807) is 23.5 Å². The Morgan fingerprint density at radius 2 is 2.12 bits per heavy atom. The molecule has 0 bridgehead atoms. The second kappa shape index (κ2) is 6.76. The standard InChI is InChI=1S/C18H17FN4OS/c19-13-7-5-12(6-8-13)16-21-22-17-15(4-1-9-23(16)17)18(24)20-11-14-3-2-10-25-14/h2-3,5-8,10,15H,1,4,9,11H2,(H,20,24). The molecule has 4 rings (SSSR count). The lowest BCUT2D eigenvalue weighted by Crippen LogP contribution is -2.32. The third-order valence-corrected chi connectivity index (χ3v) is 5.28. The van der Waals surface area contributed by atoms with E-state index in [4.69, 9.17) is 0 Å². The first-order valence-corrected chi connectivity index (χ1v) is 9.09. The van der Waals surface area contributed by atoms with Gasteiger partial charge in [-0.05, 0) is 48.6 Å². The van der Waals surface area contributed by atoms with Crippen molar-refractivity contribution in [3.8, 4) is 11.4 Å². The number of halogens is 1. The largest absolute Gasteiger partial charge is 0.351 e. The van der Waals surface area contributed by atoms with Crippen molar-refractivity contribution >= 4 is 17.2 Å². The molecule has 5 nitrogen and oxygen atoms in total. The van der Waals surface area contributed by atoms with Crippen molar-refractivity contribution in [1.82, 2.24) is 20.1 Å². The molecule has 0 saturated carbocycles. The van der Waals surface area contributed by atoms with Crippen LogP contribution >= 0.6 is 11.3 Å². The van der Waals surface area contributed by atoms with Crippen LogP contribution in [-0.2, 0) is 17.9 Å². The van der Waals surface area contributed by atoms with Gasteiger partial charge in [0.15, 0.2) is 5.82 Å². The Bertz CT molecular complexity index is 873. The first kappa shape index (κ1) is 16.0. The molecule has 25 heavy (non-hydrogen) atoms. The molecule has 1 amide bonds. The highest BCUT2D eigenvalue weighted by molar-refractivity contribution is 7.09. The number of carbonyl (C=O) groups excluding carboxylic acids is 1. The zero-order chi connectivity index (χ0) is 17.2. The summed E-state index contributed by atoms with van der Waals surface area (Å²) in [4.78, 5) is 13.7. The molecule has 1 unspecified atom stereocenters. The van der Waals surface area contributed by atoms with Gasteiger partial charge in [-0.1, -0.05) is 6.07 Å². The maximum absolute atomic E-state index is 13.1. The minimum Gasteiger partial charge on any atom is -0.351 e. The summed E-state index contributed by atoms with van der Waals surface area (Å²) in [5.41, 5.74) is 0.805. The van der Waals surface area contributed by atoms with Crippen LogP contribution < -0.4 is 5.32 Å². The van der Waals surface area contributed by atoms with Gasteiger partial charge in [-0.3, -0.25) is 4.79 Å². The molecule has 3 heterocycles. The fourth-order valence-electron chi connectivity index (χ4n) is 3.15. The summed E-state index contributed by atoms with van der Waals surface area (Å²) in [5.74, 6) is 0.774. The van der Waals surface area contributed by atoms with Crippen molar-refractivity contribution in [2.45, 2.75) is 31.8 Å². The number of benzene rings is 1. The Morgan fingerprint density at radius 3 is 2.88 bits per heavy atom. The topological polar surface area (TPSA) is 59.8 Å². The third-order valence-electron chi connectivity index (χ3n) is 4.40. The lowest BCUT2D eigenvalue weighted by molar-refractivity contribution is -0.123. The average Bonchev–Trinajstić information content (AvgIpc) is 3.29. The molecule has 0 spiro atoms. The number of nitrogens with zero attached hydrogens (tertiary/aromatic N) is 3. The van der Waals surface area contributed by atoms with Crippen LogP contribution in [0.3, 0.4) is 0 Å². The minimum atomic E-state index is -0.296. The normalized spacial score (nSPS) is 16.4. The monoisotopic (exact) mass is 356 g/mol. The fraction of sp³-hybridized carbons (Fsp3) is 0.278. The number of fused-ring (bicyclic) bond motifs is 1. The van der Waals surface area contributed by atoms with Crippen molar-refractivity contribution in [3.63, 3.8) is 0 Å². The van der Waals surface area contributed by atoms with Crippen LogP contribution in [0.1, 0.15) is 29.5 Å². The van der Waals surface area contributed by atoms with Gasteiger partial charge < -0.3 is 9.88 Å². The summed E-state index contributed by atoms with van der Waals surface area (Å²) in [5, 5.41) is 13.5. The Labute approximate surface area is 148 Å². The number of thiophene rings is 1. The summed E-state index contributed by atoms with van der Waals surface area (Å²) in [7, 11) is 0. The summed E-state index contributed by atoms with van der Waals surface area (Å²) >= 11 is 1.62. The summed E-state index contributed by atoms with van der Waals surface area (Å²) in [6.07, 6.45) is 1.65. The molecule has 7 heteroatoms. The lowest BCUT2D eigenvalue weighted by Gasteiger charge is -2.23. The molecule has 0 saturated heterocycles. The highest BCUT2D eigenvalue weighted by atomic mass is 32.1. The van der Waals surface area contributed by atoms with Crippen molar-refractivity contribution in [3.05, 3.63) is 58.3 Å². The number of nitrogens with one attached hydrogen (secondary N) is 1. The van der Waals surface area contributed by atoms with E-state index in [2.05, 4.69) is 15.5 Å². The molecular formula is C18H17FN4OS. The van der Waals surface area contributed by atoms with Crippen molar-refractivity contribution in [2.24, 2.45) is 0 Å². The number of aromatic nitrogens is 3. The van der Waals surface area contributed by atoms with Gasteiger partial charge >= 0.3 is 0 Å². The average molecular weight is 356 g/mol.